The summed E-state index contributed by atoms with van der Waals surface area (Å²) in [6.45, 7) is 3.91. The Morgan fingerprint density at radius 1 is 1.12 bits per heavy atom. The van der Waals surface area contributed by atoms with Crippen molar-refractivity contribution in [2.75, 3.05) is 11.9 Å². The lowest BCUT2D eigenvalue weighted by Crippen LogP contribution is -2.14. The van der Waals surface area contributed by atoms with Crippen LogP contribution in [0.25, 0.3) is 0 Å². The molecule has 2 rings (SSSR count). The van der Waals surface area contributed by atoms with E-state index in [1.165, 1.54) is 0 Å². The van der Waals surface area contributed by atoms with E-state index in [2.05, 4.69) is 5.32 Å². The first-order chi connectivity index (χ1) is 11.9. The van der Waals surface area contributed by atoms with Gasteiger partial charge in [0.15, 0.2) is 0 Å². The minimum atomic E-state index is -0.374. The van der Waals surface area contributed by atoms with Crippen molar-refractivity contribution in [1.29, 1.82) is 0 Å². The van der Waals surface area contributed by atoms with E-state index in [0.29, 0.717) is 40.7 Å². The second-order valence-corrected chi connectivity index (χ2v) is 6.38. The van der Waals surface area contributed by atoms with Crippen LogP contribution in [0.5, 0.6) is 0 Å². The highest BCUT2D eigenvalue weighted by Crippen LogP contribution is 2.23. The van der Waals surface area contributed by atoms with Crippen molar-refractivity contribution >= 4 is 40.8 Å². The summed E-state index contributed by atoms with van der Waals surface area (Å²) < 4.78 is 4.96. The monoisotopic (exact) mass is 379 g/mol. The molecule has 4 nitrogen and oxygen atoms in total. The van der Waals surface area contributed by atoms with E-state index in [0.717, 1.165) is 11.1 Å². The Labute approximate surface area is 157 Å². The third-order valence-corrected chi connectivity index (χ3v) is 4.24. The van der Waals surface area contributed by atoms with Gasteiger partial charge in [-0.2, -0.15) is 0 Å². The van der Waals surface area contributed by atoms with Crippen molar-refractivity contribution in [2.24, 2.45) is 0 Å². The normalized spacial score (nSPS) is 10.4. The fourth-order valence-electron chi connectivity index (χ4n) is 2.33. The Kier molecular flexibility index (Phi) is 6.85. The van der Waals surface area contributed by atoms with E-state index in [4.69, 9.17) is 27.9 Å². The Morgan fingerprint density at radius 2 is 1.88 bits per heavy atom. The van der Waals surface area contributed by atoms with Crippen molar-refractivity contribution < 1.29 is 14.3 Å². The first-order valence-electron chi connectivity index (χ1n) is 7.92. The van der Waals surface area contributed by atoms with Gasteiger partial charge in [0, 0.05) is 22.2 Å². The van der Waals surface area contributed by atoms with Gasteiger partial charge in [0.2, 0.25) is 5.91 Å². The van der Waals surface area contributed by atoms with Crippen LogP contribution in [0.2, 0.25) is 10.0 Å². The maximum Gasteiger partial charge on any atom is 0.338 e. The summed E-state index contributed by atoms with van der Waals surface area (Å²) >= 11 is 12.0. The highest BCUT2D eigenvalue weighted by atomic mass is 35.5. The summed E-state index contributed by atoms with van der Waals surface area (Å²) in [5.74, 6) is -0.501. The number of aryl methyl sites for hydroxylation is 2. The van der Waals surface area contributed by atoms with Crippen LogP contribution < -0.4 is 5.32 Å². The maximum absolute atomic E-state index is 12.2. The molecule has 6 heteroatoms. The summed E-state index contributed by atoms with van der Waals surface area (Å²) in [6.07, 6.45) is 0.808. The molecule has 0 aliphatic rings. The van der Waals surface area contributed by atoms with Crippen molar-refractivity contribution in [1.82, 2.24) is 0 Å². The van der Waals surface area contributed by atoms with Crippen LogP contribution in [-0.4, -0.2) is 18.5 Å². The minimum Gasteiger partial charge on any atom is -0.462 e. The number of carbonyl (C=O) groups excluding carboxylic acids is 2. The highest BCUT2D eigenvalue weighted by Gasteiger charge is 2.11. The third kappa shape index (κ3) is 5.48. The average molecular weight is 380 g/mol. The van der Waals surface area contributed by atoms with Crippen LogP contribution >= 0.6 is 23.2 Å². The van der Waals surface area contributed by atoms with Gasteiger partial charge in [0.25, 0.3) is 0 Å². The number of hydrogen-bond donors (Lipinski definition) is 1. The molecule has 2 aromatic rings. The minimum absolute atomic E-state index is 0.127. The molecule has 0 atom stereocenters. The van der Waals surface area contributed by atoms with Gasteiger partial charge in [-0.15, -0.1) is 0 Å². The fraction of sp³-hybridized carbons (Fsp3) is 0.263. The molecule has 1 N–H and O–H groups in total. The number of rotatable bonds is 6. The van der Waals surface area contributed by atoms with Crippen LogP contribution in [0.15, 0.2) is 36.4 Å². The first-order valence-corrected chi connectivity index (χ1v) is 8.68. The molecule has 0 aliphatic heterocycles. The number of halogens is 2. The lowest BCUT2D eigenvalue weighted by atomic mass is 10.1. The number of amides is 1. The number of benzene rings is 2. The van der Waals surface area contributed by atoms with Gasteiger partial charge < -0.3 is 10.1 Å². The van der Waals surface area contributed by atoms with Crippen molar-refractivity contribution in [3.8, 4) is 0 Å². The topological polar surface area (TPSA) is 55.4 Å². The van der Waals surface area contributed by atoms with Gasteiger partial charge in [-0.3, -0.25) is 4.79 Å². The van der Waals surface area contributed by atoms with Crippen LogP contribution in [0.3, 0.4) is 0 Å². The molecule has 0 spiro atoms. The number of carbonyl (C=O) groups is 2. The van der Waals surface area contributed by atoms with E-state index in [1.54, 1.807) is 37.3 Å². The predicted octanol–water partition coefficient (Wildman–Crippen LogP) is 5.05. The SMILES string of the molecule is CCOC(=O)c1ccc(NC(=O)CCc2ccc(Cl)cc2Cl)c(C)c1. The van der Waals surface area contributed by atoms with Crippen LogP contribution in [0.4, 0.5) is 5.69 Å². The quantitative estimate of drug-likeness (QED) is 0.714. The fourth-order valence-corrected chi connectivity index (χ4v) is 2.83. The average Bonchev–Trinajstić information content (AvgIpc) is 2.56. The molecule has 0 saturated carbocycles. The zero-order valence-electron chi connectivity index (χ0n) is 14.1. The smallest absolute Gasteiger partial charge is 0.338 e. The number of anilines is 1. The molecule has 0 fully saturated rings. The largest absolute Gasteiger partial charge is 0.462 e. The summed E-state index contributed by atoms with van der Waals surface area (Å²) in [7, 11) is 0. The Balaban J connectivity index is 1.97. The summed E-state index contributed by atoms with van der Waals surface area (Å²) in [5.41, 5.74) is 2.80. The summed E-state index contributed by atoms with van der Waals surface area (Å²) in [6, 6.07) is 10.3. The molecule has 0 unspecified atom stereocenters. The van der Waals surface area contributed by atoms with Crippen molar-refractivity contribution in [2.45, 2.75) is 26.7 Å². The molecular weight excluding hydrogens is 361 g/mol. The molecule has 0 bridgehead atoms. The molecule has 0 aromatic heterocycles. The highest BCUT2D eigenvalue weighted by molar-refractivity contribution is 6.35. The van der Waals surface area contributed by atoms with Gasteiger partial charge in [-0.05, 0) is 61.7 Å². The zero-order chi connectivity index (χ0) is 18.4. The third-order valence-electron chi connectivity index (χ3n) is 3.65. The standard InChI is InChI=1S/C19H19Cl2NO3/c1-3-25-19(24)14-5-8-17(12(2)10-14)22-18(23)9-6-13-4-7-15(20)11-16(13)21/h4-5,7-8,10-11H,3,6,9H2,1-2H3,(H,22,23). The first kappa shape index (κ1) is 19.3. The van der Waals surface area contributed by atoms with Gasteiger partial charge in [-0.1, -0.05) is 29.3 Å². The number of ether oxygens (including phenoxy) is 1. The molecule has 132 valence electrons. The second-order valence-electron chi connectivity index (χ2n) is 5.53. The molecule has 25 heavy (non-hydrogen) atoms. The molecule has 2 aromatic carbocycles. The molecule has 0 aliphatic carbocycles. The molecule has 0 saturated heterocycles. The summed E-state index contributed by atoms with van der Waals surface area (Å²) in [5, 5.41) is 3.97. The van der Waals surface area contributed by atoms with Gasteiger partial charge in [-0.25, -0.2) is 4.79 Å². The van der Waals surface area contributed by atoms with E-state index in [9.17, 15) is 9.59 Å². The lowest BCUT2D eigenvalue weighted by molar-refractivity contribution is -0.116. The van der Waals surface area contributed by atoms with Crippen molar-refractivity contribution in [3.05, 3.63) is 63.1 Å². The molecular formula is C19H19Cl2NO3. The Bertz CT molecular complexity index is 790. The summed E-state index contributed by atoms with van der Waals surface area (Å²) in [4.78, 5) is 23.9. The van der Waals surface area contributed by atoms with E-state index >= 15 is 0 Å². The van der Waals surface area contributed by atoms with E-state index in [-0.39, 0.29) is 11.9 Å². The zero-order valence-corrected chi connectivity index (χ0v) is 15.6. The molecule has 0 radical (unpaired) electrons. The van der Waals surface area contributed by atoms with Crippen LogP contribution in [-0.2, 0) is 16.0 Å². The van der Waals surface area contributed by atoms with Crippen LogP contribution in [0, 0.1) is 6.92 Å². The predicted molar refractivity (Wildman–Crippen MR) is 101 cm³/mol. The Hall–Kier alpha value is -2.04. The molecule has 0 heterocycles. The second kappa shape index (κ2) is 8.88. The van der Waals surface area contributed by atoms with Crippen molar-refractivity contribution in [3.63, 3.8) is 0 Å². The van der Waals surface area contributed by atoms with Gasteiger partial charge in [0.1, 0.15) is 0 Å². The van der Waals surface area contributed by atoms with E-state index < -0.39 is 0 Å². The molecule has 1 amide bonds. The maximum atomic E-state index is 12.2. The van der Waals surface area contributed by atoms with E-state index in [1.807, 2.05) is 13.0 Å². The number of nitrogens with one attached hydrogen (secondary N) is 1. The lowest BCUT2D eigenvalue weighted by Gasteiger charge is -2.10. The Morgan fingerprint density at radius 3 is 2.52 bits per heavy atom. The number of hydrogen-bond acceptors (Lipinski definition) is 3. The van der Waals surface area contributed by atoms with Gasteiger partial charge in [0.05, 0.1) is 12.2 Å². The number of esters is 1. The van der Waals surface area contributed by atoms with Crippen LogP contribution in [0.1, 0.15) is 34.8 Å². The van der Waals surface area contributed by atoms with Gasteiger partial charge >= 0.3 is 5.97 Å².